The first kappa shape index (κ1) is 21.6. The number of amides is 1. The minimum absolute atomic E-state index is 0.107. The molecule has 3 aromatic carbocycles. The molecule has 0 radical (unpaired) electrons. The standard InChI is InChI=1S/C24H22N2O5S/c1-26-14-22(17-4-8-19(31-2)9-5-17)21-13-16(3-12-23(21)26)15-32(29,30)20-10-6-18(7-11-20)24(27)25-28/h3-14,28H,15H2,1-2H3,(H,25,27). The van der Waals surface area contributed by atoms with Crippen LogP contribution in [-0.2, 0) is 22.6 Å². The lowest BCUT2D eigenvalue weighted by molar-refractivity contribution is 0.0706. The Morgan fingerprint density at radius 3 is 2.34 bits per heavy atom. The summed E-state index contributed by atoms with van der Waals surface area (Å²) in [6, 6.07) is 18.8. The fourth-order valence-electron chi connectivity index (χ4n) is 3.71. The predicted octanol–water partition coefficient (Wildman–Crippen LogP) is 3.95. The second-order valence-electron chi connectivity index (χ2n) is 7.46. The largest absolute Gasteiger partial charge is 0.497 e. The highest BCUT2D eigenvalue weighted by Crippen LogP contribution is 2.32. The molecule has 0 fully saturated rings. The minimum atomic E-state index is -3.63. The Kier molecular flexibility index (Phi) is 5.73. The van der Waals surface area contributed by atoms with Gasteiger partial charge in [-0.2, -0.15) is 0 Å². The highest BCUT2D eigenvalue weighted by atomic mass is 32.2. The molecule has 0 saturated carbocycles. The van der Waals surface area contributed by atoms with Gasteiger partial charge in [0.05, 0.1) is 17.8 Å². The summed E-state index contributed by atoms with van der Waals surface area (Å²) in [5.74, 6) is -0.108. The summed E-state index contributed by atoms with van der Waals surface area (Å²) in [4.78, 5) is 11.6. The number of carbonyl (C=O) groups excluding carboxylic acids is 1. The van der Waals surface area contributed by atoms with Crippen molar-refractivity contribution in [3.8, 4) is 16.9 Å². The second-order valence-corrected chi connectivity index (χ2v) is 9.45. The first-order valence-corrected chi connectivity index (χ1v) is 11.5. The number of nitrogens with zero attached hydrogens (tertiary/aromatic N) is 1. The maximum Gasteiger partial charge on any atom is 0.274 e. The molecule has 4 rings (SSSR count). The highest BCUT2D eigenvalue weighted by molar-refractivity contribution is 7.90. The van der Waals surface area contributed by atoms with Crippen LogP contribution in [-0.4, -0.2) is 31.2 Å². The molecule has 0 bridgehead atoms. The third-order valence-electron chi connectivity index (χ3n) is 5.39. The second kappa shape index (κ2) is 8.49. The Hall–Kier alpha value is -3.62. The molecule has 0 spiro atoms. The van der Waals surface area contributed by atoms with Gasteiger partial charge >= 0.3 is 0 Å². The monoisotopic (exact) mass is 450 g/mol. The van der Waals surface area contributed by atoms with Gasteiger partial charge in [0.1, 0.15) is 5.75 Å². The van der Waals surface area contributed by atoms with E-state index in [0.717, 1.165) is 27.8 Å². The molecule has 1 aromatic heterocycles. The van der Waals surface area contributed by atoms with Crippen LogP contribution in [0.1, 0.15) is 15.9 Å². The Morgan fingerprint density at radius 1 is 1.03 bits per heavy atom. The molecule has 0 aliphatic carbocycles. The summed E-state index contributed by atoms with van der Waals surface area (Å²) in [5, 5.41) is 9.66. The first-order valence-electron chi connectivity index (χ1n) is 9.82. The molecular weight excluding hydrogens is 428 g/mol. The van der Waals surface area contributed by atoms with E-state index in [0.29, 0.717) is 5.56 Å². The molecular formula is C24H22N2O5S. The van der Waals surface area contributed by atoms with Crippen molar-refractivity contribution in [2.24, 2.45) is 7.05 Å². The van der Waals surface area contributed by atoms with E-state index >= 15 is 0 Å². The van der Waals surface area contributed by atoms with Gasteiger partial charge in [0.15, 0.2) is 9.84 Å². The van der Waals surface area contributed by atoms with E-state index in [4.69, 9.17) is 9.94 Å². The van der Waals surface area contributed by atoms with Crippen LogP contribution in [0.15, 0.2) is 77.8 Å². The van der Waals surface area contributed by atoms with Crippen LogP contribution in [0.4, 0.5) is 0 Å². The smallest absolute Gasteiger partial charge is 0.274 e. The number of methoxy groups -OCH3 is 1. The average molecular weight is 451 g/mol. The summed E-state index contributed by atoms with van der Waals surface area (Å²) in [5.41, 5.74) is 5.37. The summed E-state index contributed by atoms with van der Waals surface area (Å²) in [7, 11) is -0.0546. The molecule has 1 amide bonds. The van der Waals surface area contributed by atoms with Crippen LogP contribution < -0.4 is 10.2 Å². The maximum absolute atomic E-state index is 12.9. The van der Waals surface area contributed by atoms with Crippen LogP contribution in [0.3, 0.4) is 0 Å². The summed E-state index contributed by atoms with van der Waals surface area (Å²) in [6.07, 6.45) is 2.02. The number of fused-ring (bicyclic) bond motifs is 1. The van der Waals surface area contributed by atoms with Gasteiger partial charge in [0, 0.05) is 35.3 Å². The van der Waals surface area contributed by atoms with E-state index in [2.05, 4.69) is 0 Å². The van der Waals surface area contributed by atoms with Crippen LogP contribution in [0.2, 0.25) is 0 Å². The van der Waals surface area contributed by atoms with Crippen molar-refractivity contribution in [1.29, 1.82) is 0 Å². The van der Waals surface area contributed by atoms with Crippen LogP contribution in [0, 0.1) is 0 Å². The third-order valence-corrected chi connectivity index (χ3v) is 7.09. The molecule has 8 heteroatoms. The number of rotatable bonds is 6. The Morgan fingerprint density at radius 2 is 1.72 bits per heavy atom. The van der Waals surface area contributed by atoms with Crippen molar-refractivity contribution >= 4 is 26.6 Å². The van der Waals surface area contributed by atoms with Gasteiger partial charge in [-0.3, -0.25) is 10.0 Å². The molecule has 1 heterocycles. The van der Waals surface area contributed by atoms with Gasteiger partial charge in [-0.05, 0) is 59.7 Å². The normalized spacial score (nSPS) is 11.5. The zero-order valence-electron chi connectivity index (χ0n) is 17.6. The number of carbonyl (C=O) groups is 1. The summed E-state index contributed by atoms with van der Waals surface area (Å²) in [6.45, 7) is 0. The van der Waals surface area contributed by atoms with Crippen LogP contribution in [0.5, 0.6) is 5.75 Å². The maximum atomic E-state index is 12.9. The number of hydrogen-bond acceptors (Lipinski definition) is 5. The van der Waals surface area contributed by atoms with E-state index in [9.17, 15) is 13.2 Å². The molecule has 2 N–H and O–H groups in total. The Bertz CT molecular complexity index is 1390. The molecule has 4 aromatic rings. The van der Waals surface area contributed by atoms with Gasteiger partial charge in [-0.1, -0.05) is 18.2 Å². The number of hydroxylamine groups is 1. The third kappa shape index (κ3) is 4.10. The SMILES string of the molecule is COc1ccc(-c2cn(C)c3ccc(CS(=O)(=O)c4ccc(C(=O)NO)cc4)cc23)cc1. The van der Waals surface area contributed by atoms with Crippen molar-refractivity contribution in [2.45, 2.75) is 10.6 Å². The van der Waals surface area contributed by atoms with E-state index in [1.165, 1.54) is 29.7 Å². The number of sulfone groups is 1. The first-order chi connectivity index (χ1) is 15.3. The van der Waals surface area contributed by atoms with Crippen molar-refractivity contribution in [3.63, 3.8) is 0 Å². The Labute approximate surface area is 185 Å². The molecule has 7 nitrogen and oxygen atoms in total. The molecule has 0 atom stereocenters. The van der Waals surface area contributed by atoms with Gasteiger partial charge in [-0.25, -0.2) is 13.9 Å². The number of benzene rings is 3. The lowest BCUT2D eigenvalue weighted by Gasteiger charge is -2.07. The van der Waals surface area contributed by atoms with E-state index < -0.39 is 15.7 Å². The number of nitrogens with one attached hydrogen (secondary N) is 1. The number of ether oxygens (including phenoxy) is 1. The van der Waals surface area contributed by atoms with Crippen molar-refractivity contribution in [1.82, 2.24) is 10.0 Å². The molecule has 0 saturated heterocycles. The predicted molar refractivity (Wildman–Crippen MR) is 121 cm³/mol. The van der Waals surface area contributed by atoms with E-state index in [-0.39, 0.29) is 16.2 Å². The lowest BCUT2D eigenvalue weighted by atomic mass is 10.0. The highest BCUT2D eigenvalue weighted by Gasteiger charge is 2.18. The van der Waals surface area contributed by atoms with Crippen LogP contribution in [0.25, 0.3) is 22.0 Å². The van der Waals surface area contributed by atoms with Gasteiger partial charge in [0.2, 0.25) is 0 Å². The zero-order chi connectivity index (χ0) is 22.9. The summed E-state index contributed by atoms with van der Waals surface area (Å²) < 4.78 is 33.1. The zero-order valence-corrected chi connectivity index (χ0v) is 18.4. The van der Waals surface area contributed by atoms with Gasteiger partial charge in [-0.15, -0.1) is 0 Å². The Balaban J connectivity index is 1.68. The van der Waals surface area contributed by atoms with Crippen molar-refractivity contribution in [3.05, 3.63) is 84.1 Å². The average Bonchev–Trinajstić information content (AvgIpc) is 3.14. The van der Waals surface area contributed by atoms with Gasteiger partial charge in [0.25, 0.3) is 5.91 Å². The molecule has 32 heavy (non-hydrogen) atoms. The number of aromatic nitrogens is 1. The molecule has 164 valence electrons. The fourth-order valence-corrected chi connectivity index (χ4v) is 5.05. The van der Waals surface area contributed by atoms with Crippen molar-refractivity contribution < 1.29 is 23.2 Å². The quantitative estimate of drug-likeness (QED) is 0.342. The number of hydrogen-bond donors (Lipinski definition) is 2. The summed E-state index contributed by atoms with van der Waals surface area (Å²) >= 11 is 0. The molecule has 0 unspecified atom stereocenters. The lowest BCUT2D eigenvalue weighted by Crippen LogP contribution is -2.18. The van der Waals surface area contributed by atoms with E-state index in [1.807, 2.05) is 60.3 Å². The molecule has 0 aliphatic rings. The van der Waals surface area contributed by atoms with Crippen molar-refractivity contribution in [2.75, 3.05) is 7.11 Å². The number of aryl methyl sites for hydroxylation is 1. The minimum Gasteiger partial charge on any atom is -0.497 e. The van der Waals surface area contributed by atoms with Gasteiger partial charge < -0.3 is 9.30 Å². The van der Waals surface area contributed by atoms with Crippen LogP contribution >= 0.6 is 0 Å². The fraction of sp³-hybridized carbons (Fsp3) is 0.125. The van der Waals surface area contributed by atoms with E-state index in [1.54, 1.807) is 7.11 Å². The topological polar surface area (TPSA) is 97.6 Å². The molecule has 0 aliphatic heterocycles.